The molecule has 1 N–H and O–H groups in total. The number of nitrogens with one attached hydrogen (secondary N) is 1. The Labute approximate surface area is 134 Å². The Morgan fingerprint density at radius 2 is 1.87 bits per heavy atom. The van der Waals surface area contributed by atoms with E-state index in [9.17, 15) is 14.7 Å². The number of carboxylic acid groups (broad SMARTS) is 1. The molecule has 0 radical (unpaired) electrons. The average Bonchev–Trinajstić information content (AvgIpc) is 2.53. The van der Waals surface area contributed by atoms with E-state index in [1.807, 2.05) is 37.3 Å². The number of aryl methyl sites for hydroxylation is 1. The predicted molar refractivity (Wildman–Crippen MR) is 83.8 cm³/mol. The average molecular weight is 312 g/mol. The smallest absolute Gasteiger partial charge is 0.258 e. The first-order chi connectivity index (χ1) is 11.0. The zero-order chi connectivity index (χ0) is 16.7. The molecule has 23 heavy (non-hydrogen) atoms. The summed E-state index contributed by atoms with van der Waals surface area (Å²) in [4.78, 5) is 23.1. The Morgan fingerprint density at radius 1 is 1.13 bits per heavy atom. The first-order valence-electron chi connectivity index (χ1n) is 7.28. The van der Waals surface area contributed by atoms with Crippen molar-refractivity contribution >= 4 is 11.9 Å². The summed E-state index contributed by atoms with van der Waals surface area (Å²) in [6.45, 7) is 1.67. The molecule has 0 aliphatic heterocycles. The zero-order valence-electron chi connectivity index (χ0n) is 12.8. The fourth-order valence-corrected chi connectivity index (χ4v) is 2.13. The van der Waals surface area contributed by atoms with Gasteiger partial charge in [-0.25, -0.2) is 0 Å². The van der Waals surface area contributed by atoms with Crippen molar-refractivity contribution in [3.05, 3.63) is 65.7 Å². The summed E-state index contributed by atoms with van der Waals surface area (Å²) in [5.41, 5.74) is 1.82. The number of amides is 1. The van der Waals surface area contributed by atoms with Crippen molar-refractivity contribution in [3.8, 4) is 5.75 Å². The summed E-state index contributed by atoms with van der Waals surface area (Å²) in [5, 5.41) is 13.6. The number of ether oxygens (including phenoxy) is 1. The lowest BCUT2D eigenvalue weighted by atomic mass is 10.1. The number of carbonyl (C=O) groups excluding carboxylic acids is 2. The third-order valence-electron chi connectivity index (χ3n) is 3.26. The van der Waals surface area contributed by atoms with E-state index in [1.54, 1.807) is 24.3 Å². The molecule has 2 rings (SSSR count). The van der Waals surface area contributed by atoms with Crippen LogP contribution in [-0.4, -0.2) is 24.5 Å². The highest BCUT2D eigenvalue weighted by molar-refractivity contribution is 5.83. The lowest BCUT2D eigenvalue weighted by Gasteiger charge is -2.20. The largest absolute Gasteiger partial charge is 0.548 e. The van der Waals surface area contributed by atoms with Crippen LogP contribution in [0.4, 0.5) is 0 Å². The van der Waals surface area contributed by atoms with E-state index in [4.69, 9.17) is 4.74 Å². The van der Waals surface area contributed by atoms with Crippen LogP contribution in [-0.2, 0) is 16.0 Å². The second kappa shape index (κ2) is 7.98. The summed E-state index contributed by atoms with van der Waals surface area (Å²) in [6.07, 6.45) is 0.166. The van der Waals surface area contributed by atoms with E-state index in [-0.39, 0.29) is 13.0 Å². The second-order valence-corrected chi connectivity index (χ2v) is 5.23. The molecule has 0 aromatic heterocycles. The summed E-state index contributed by atoms with van der Waals surface area (Å²) in [7, 11) is 0. The van der Waals surface area contributed by atoms with Gasteiger partial charge in [0.1, 0.15) is 5.75 Å². The molecule has 0 spiro atoms. The van der Waals surface area contributed by atoms with Gasteiger partial charge in [0.15, 0.2) is 6.61 Å². The van der Waals surface area contributed by atoms with Gasteiger partial charge in [0.25, 0.3) is 5.91 Å². The molecule has 5 heteroatoms. The molecule has 1 amide bonds. The molecule has 1 atom stereocenters. The molecular weight excluding hydrogens is 294 g/mol. The molecule has 0 fully saturated rings. The molecule has 0 aliphatic carbocycles. The van der Waals surface area contributed by atoms with Crippen molar-refractivity contribution in [2.24, 2.45) is 0 Å². The molecule has 2 aromatic rings. The third kappa shape index (κ3) is 5.47. The number of carbonyl (C=O) groups is 2. The predicted octanol–water partition coefficient (Wildman–Crippen LogP) is 0.851. The van der Waals surface area contributed by atoms with Crippen molar-refractivity contribution in [1.29, 1.82) is 0 Å². The Morgan fingerprint density at radius 3 is 2.52 bits per heavy atom. The first kappa shape index (κ1) is 16.5. The van der Waals surface area contributed by atoms with Crippen molar-refractivity contribution < 1.29 is 19.4 Å². The van der Waals surface area contributed by atoms with Gasteiger partial charge in [-0.15, -0.1) is 0 Å². The fourth-order valence-electron chi connectivity index (χ4n) is 2.13. The molecule has 2 aromatic carbocycles. The number of hydrogen-bond acceptors (Lipinski definition) is 4. The van der Waals surface area contributed by atoms with Crippen LogP contribution in [0.3, 0.4) is 0 Å². The van der Waals surface area contributed by atoms with Crippen LogP contribution in [0.25, 0.3) is 0 Å². The second-order valence-electron chi connectivity index (χ2n) is 5.23. The van der Waals surface area contributed by atoms with Crippen LogP contribution >= 0.6 is 0 Å². The minimum absolute atomic E-state index is 0.166. The summed E-state index contributed by atoms with van der Waals surface area (Å²) >= 11 is 0. The van der Waals surface area contributed by atoms with Gasteiger partial charge in [-0.3, -0.25) is 4.79 Å². The van der Waals surface area contributed by atoms with Crippen LogP contribution in [0, 0.1) is 6.92 Å². The normalized spacial score (nSPS) is 11.5. The van der Waals surface area contributed by atoms with Crippen molar-refractivity contribution in [1.82, 2.24) is 5.32 Å². The van der Waals surface area contributed by atoms with Gasteiger partial charge in [0.2, 0.25) is 0 Å². The van der Waals surface area contributed by atoms with E-state index in [1.165, 1.54) is 0 Å². The quantitative estimate of drug-likeness (QED) is 0.822. The molecule has 120 valence electrons. The summed E-state index contributed by atoms with van der Waals surface area (Å²) in [6, 6.07) is 15.2. The van der Waals surface area contributed by atoms with Gasteiger partial charge in [0, 0.05) is 0 Å². The van der Waals surface area contributed by atoms with E-state index in [0.717, 1.165) is 11.1 Å². The number of aliphatic carboxylic acids is 1. The van der Waals surface area contributed by atoms with Crippen molar-refractivity contribution in [2.45, 2.75) is 19.4 Å². The van der Waals surface area contributed by atoms with E-state index in [0.29, 0.717) is 5.75 Å². The van der Waals surface area contributed by atoms with E-state index >= 15 is 0 Å². The molecule has 0 unspecified atom stereocenters. The Hall–Kier alpha value is -2.82. The Balaban J connectivity index is 1.89. The lowest BCUT2D eigenvalue weighted by Crippen LogP contribution is -2.50. The Kier molecular flexibility index (Phi) is 5.74. The van der Waals surface area contributed by atoms with Gasteiger partial charge in [0.05, 0.1) is 12.0 Å². The van der Waals surface area contributed by atoms with Crippen LogP contribution in [0.2, 0.25) is 0 Å². The van der Waals surface area contributed by atoms with Gasteiger partial charge in [-0.2, -0.15) is 0 Å². The van der Waals surface area contributed by atoms with Crippen LogP contribution in [0.1, 0.15) is 11.1 Å². The van der Waals surface area contributed by atoms with Crippen LogP contribution in [0.5, 0.6) is 5.75 Å². The zero-order valence-corrected chi connectivity index (χ0v) is 12.8. The van der Waals surface area contributed by atoms with Crippen LogP contribution < -0.4 is 15.2 Å². The molecular formula is C18H18NO4-. The van der Waals surface area contributed by atoms with Gasteiger partial charge < -0.3 is 20.0 Å². The van der Waals surface area contributed by atoms with Gasteiger partial charge in [-0.1, -0.05) is 42.5 Å². The maximum atomic E-state index is 11.9. The SMILES string of the molecule is Cc1cccc(OCC(=O)N[C@H](Cc2ccccc2)C(=O)[O-])c1. The van der Waals surface area contributed by atoms with Crippen LogP contribution in [0.15, 0.2) is 54.6 Å². The molecule has 0 aliphatic rings. The Bertz CT molecular complexity index is 670. The molecule has 0 saturated carbocycles. The monoisotopic (exact) mass is 312 g/mol. The van der Waals surface area contributed by atoms with Crippen molar-refractivity contribution in [3.63, 3.8) is 0 Å². The van der Waals surface area contributed by atoms with Gasteiger partial charge >= 0.3 is 0 Å². The fraction of sp³-hybridized carbons (Fsp3) is 0.222. The number of carboxylic acids is 1. The highest BCUT2D eigenvalue weighted by atomic mass is 16.5. The highest BCUT2D eigenvalue weighted by Gasteiger charge is 2.14. The van der Waals surface area contributed by atoms with Gasteiger partial charge in [-0.05, 0) is 36.6 Å². The summed E-state index contributed by atoms with van der Waals surface area (Å²) < 4.78 is 5.35. The van der Waals surface area contributed by atoms with E-state index < -0.39 is 17.9 Å². The first-order valence-corrected chi connectivity index (χ1v) is 7.28. The number of hydrogen-bond donors (Lipinski definition) is 1. The number of benzene rings is 2. The lowest BCUT2D eigenvalue weighted by molar-refractivity contribution is -0.308. The standard InChI is InChI=1S/C18H19NO4/c1-13-6-5-9-15(10-13)23-12-17(20)19-16(18(21)22)11-14-7-3-2-4-8-14/h2-10,16H,11-12H2,1H3,(H,19,20)(H,21,22)/p-1/t16-/m1/s1. The minimum atomic E-state index is -1.32. The van der Waals surface area contributed by atoms with E-state index in [2.05, 4.69) is 5.32 Å². The maximum Gasteiger partial charge on any atom is 0.258 e. The topological polar surface area (TPSA) is 78.5 Å². The molecule has 0 bridgehead atoms. The molecule has 0 heterocycles. The minimum Gasteiger partial charge on any atom is -0.548 e. The third-order valence-corrected chi connectivity index (χ3v) is 3.26. The highest BCUT2D eigenvalue weighted by Crippen LogP contribution is 2.12. The number of rotatable bonds is 7. The summed E-state index contributed by atoms with van der Waals surface area (Å²) in [5.74, 6) is -1.26. The molecule has 0 saturated heterocycles. The van der Waals surface area contributed by atoms with Crippen molar-refractivity contribution in [2.75, 3.05) is 6.61 Å². The molecule has 5 nitrogen and oxygen atoms in total. The maximum absolute atomic E-state index is 11.9.